The fourth-order valence-corrected chi connectivity index (χ4v) is 2.62. The first-order valence-electron chi connectivity index (χ1n) is 8.34. The average molecular weight is 367 g/mol. The van der Waals surface area contributed by atoms with E-state index in [2.05, 4.69) is 15.3 Å². The lowest BCUT2D eigenvalue weighted by atomic mass is 10.2. The lowest BCUT2D eigenvalue weighted by Gasteiger charge is -2.20. The number of halogens is 1. The molecule has 3 rings (SSSR count). The third-order valence-electron chi connectivity index (χ3n) is 3.86. The van der Waals surface area contributed by atoms with Crippen LogP contribution in [-0.4, -0.2) is 27.3 Å². The largest absolute Gasteiger partial charge is 0.333 e. The molecule has 3 aromatic rings. The molecule has 0 aliphatic rings. The molecular weight excluding hydrogens is 348 g/mol. The molecule has 0 aliphatic carbocycles. The summed E-state index contributed by atoms with van der Waals surface area (Å²) in [4.78, 5) is 23.1. The van der Waals surface area contributed by atoms with Crippen LogP contribution in [-0.2, 0) is 6.54 Å². The smallest absolute Gasteiger partial charge is 0.272 e. The summed E-state index contributed by atoms with van der Waals surface area (Å²) >= 11 is 5.89. The quantitative estimate of drug-likeness (QED) is 0.696. The maximum absolute atomic E-state index is 12.8. The number of hydrogen-bond acceptors (Lipinski definition) is 4. The van der Waals surface area contributed by atoms with E-state index in [9.17, 15) is 4.79 Å². The Hall–Kier alpha value is -2.92. The lowest BCUT2D eigenvalue weighted by Crippen LogP contribution is -2.31. The van der Waals surface area contributed by atoms with Crippen LogP contribution in [0.1, 0.15) is 23.0 Å². The van der Waals surface area contributed by atoms with E-state index in [4.69, 9.17) is 11.6 Å². The first-order chi connectivity index (χ1) is 12.7. The maximum Gasteiger partial charge on any atom is 0.272 e. The number of aromatic nitrogens is 2. The van der Waals surface area contributed by atoms with Crippen molar-refractivity contribution in [2.45, 2.75) is 13.5 Å². The van der Waals surface area contributed by atoms with Crippen molar-refractivity contribution in [2.24, 2.45) is 0 Å². The summed E-state index contributed by atoms with van der Waals surface area (Å²) in [7, 11) is 0. The van der Waals surface area contributed by atoms with Crippen molar-refractivity contribution < 1.29 is 4.79 Å². The summed E-state index contributed by atoms with van der Waals surface area (Å²) < 4.78 is 0. The Kier molecular flexibility index (Phi) is 5.81. The highest BCUT2D eigenvalue weighted by molar-refractivity contribution is 6.30. The summed E-state index contributed by atoms with van der Waals surface area (Å²) in [5.41, 5.74) is 2.24. The molecule has 6 heteroatoms. The number of carbonyl (C=O) groups excluding carboxylic acids is 1. The number of benzene rings is 2. The van der Waals surface area contributed by atoms with E-state index >= 15 is 0 Å². The zero-order chi connectivity index (χ0) is 18.4. The Morgan fingerprint density at radius 3 is 2.50 bits per heavy atom. The van der Waals surface area contributed by atoms with Crippen LogP contribution in [0.15, 0.2) is 66.9 Å². The predicted molar refractivity (Wildman–Crippen MR) is 104 cm³/mol. The highest BCUT2D eigenvalue weighted by atomic mass is 35.5. The van der Waals surface area contributed by atoms with Crippen molar-refractivity contribution in [1.82, 2.24) is 14.9 Å². The van der Waals surface area contributed by atoms with Crippen LogP contribution in [0, 0.1) is 0 Å². The molecule has 0 fully saturated rings. The summed E-state index contributed by atoms with van der Waals surface area (Å²) in [6, 6.07) is 18.7. The molecule has 0 unspecified atom stereocenters. The fourth-order valence-electron chi connectivity index (χ4n) is 2.49. The van der Waals surface area contributed by atoms with Crippen LogP contribution in [0.4, 0.5) is 11.6 Å². The van der Waals surface area contributed by atoms with Gasteiger partial charge in [0, 0.05) is 30.0 Å². The maximum atomic E-state index is 12.8. The molecule has 0 atom stereocenters. The number of carbonyl (C=O) groups is 1. The summed E-state index contributed by atoms with van der Waals surface area (Å²) in [5, 5.41) is 3.73. The van der Waals surface area contributed by atoms with E-state index < -0.39 is 0 Å². The predicted octanol–water partition coefficient (Wildman–Crippen LogP) is 4.54. The molecule has 5 nitrogen and oxygen atoms in total. The molecule has 0 saturated carbocycles. The van der Waals surface area contributed by atoms with Gasteiger partial charge in [0.25, 0.3) is 5.91 Å². The number of rotatable bonds is 6. The van der Waals surface area contributed by atoms with Gasteiger partial charge in [-0.15, -0.1) is 0 Å². The number of nitrogens with one attached hydrogen (secondary N) is 1. The molecule has 1 amide bonds. The minimum atomic E-state index is -0.127. The van der Waals surface area contributed by atoms with E-state index in [1.165, 1.54) is 0 Å². The number of amides is 1. The second-order valence-electron chi connectivity index (χ2n) is 5.70. The first-order valence-corrected chi connectivity index (χ1v) is 8.72. The molecular formula is C20H19ClN4O. The Morgan fingerprint density at radius 1 is 1.08 bits per heavy atom. The number of anilines is 2. The molecule has 1 N–H and O–H groups in total. The normalized spacial score (nSPS) is 10.4. The third kappa shape index (κ3) is 4.58. The van der Waals surface area contributed by atoms with Gasteiger partial charge in [0.05, 0.1) is 0 Å². The summed E-state index contributed by atoms with van der Waals surface area (Å²) in [6.45, 7) is 3.09. The number of nitrogens with zero attached hydrogens (tertiary/aromatic N) is 3. The van der Waals surface area contributed by atoms with Crippen molar-refractivity contribution in [1.29, 1.82) is 0 Å². The van der Waals surface area contributed by atoms with Crippen LogP contribution in [0.2, 0.25) is 5.02 Å². The highest BCUT2D eigenvalue weighted by Crippen LogP contribution is 2.17. The standard InChI is InChI=1S/C20H19ClN4O/c1-2-25(14-15-6-4-3-5-7-15)19(26)18-12-13-22-20(24-18)23-17-10-8-16(21)9-11-17/h3-13H,2,14H2,1H3,(H,22,23,24). The monoisotopic (exact) mass is 366 g/mol. The van der Waals surface area contributed by atoms with Gasteiger partial charge in [0.15, 0.2) is 0 Å². The molecule has 2 aromatic carbocycles. The minimum Gasteiger partial charge on any atom is -0.333 e. The zero-order valence-corrected chi connectivity index (χ0v) is 15.1. The summed E-state index contributed by atoms with van der Waals surface area (Å²) in [6.07, 6.45) is 1.58. The molecule has 0 saturated heterocycles. The van der Waals surface area contributed by atoms with Gasteiger partial charge in [0.1, 0.15) is 5.69 Å². The molecule has 0 bridgehead atoms. The Labute approximate surface area is 157 Å². The van der Waals surface area contributed by atoms with E-state index in [-0.39, 0.29) is 5.91 Å². The second-order valence-corrected chi connectivity index (χ2v) is 6.14. The van der Waals surface area contributed by atoms with E-state index in [1.54, 1.807) is 29.3 Å². The molecule has 0 radical (unpaired) electrons. The molecule has 132 valence electrons. The van der Waals surface area contributed by atoms with Crippen LogP contribution in [0.5, 0.6) is 0 Å². The van der Waals surface area contributed by atoms with E-state index in [1.807, 2.05) is 49.4 Å². The van der Waals surface area contributed by atoms with Crippen LogP contribution >= 0.6 is 11.6 Å². The van der Waals surface area contributed by atoms with Crippen molar-refractivity contribution >= 4 is 29.1 Å². The minimum absolute atomic E-state index is 0.127. The van der Waals surface area contributed by atoms with Gasteiger partial charge in [-0.3, -0.25) is 4.79 Å². The molecule has 0 spiro atoms. The van der Waals surface area contributed by atoms with Gasteiger partial charge in [-0.25, -0.2) is 9.97 Å². The van der Waals surface area contributed by atoms with Gasteiger partial charge in [-0.1, -0.05) is 41.9 Å². The van der Waals surface area contributed by atoms with Gasteiger partial charge in [-0.05, 0) is 42.8 Å². The Balaban J connectivity index is 1.75. The fraction of sp³-hybridized carbons (Fsp3) is 0.150. The van der Waals surface area contributed by atoms with Crippen LogP contribution in [0.25, 0.3) is 0 Å². The van der Waals surface area contributed by atoms with Crippen LogP contribution in [0.3, 0.4) is 0 Å². The van der Waals surface area contributed by atoms with E-state index in [0.717, 1.165) is 11.3 Å². The molecule has 1 heterocycles. The first kappa shape index (κ1) is 17.9. The molecule has 26 heavy (non-hydrogen) atoms. The molecule has 0 aliphatic heterocycles. The highest BCUT2D eigenvalue weighted by Gasteiger charge is 2.16. The van der Waals surface area contributed by atoms with Gasteiger partial charge in [0.2, 0.25) is 5.95 Å². The Bertz CT molecular complexity index is 868. The van der Waals surface area contributed by atoms with Crippen molar-refractivity contribution in [3.05, 3.63) is 83.1 Å². The average Bonchev–Trinajstić information content (AvgIpc) is 2.68. The van der Waals surface area contributed by atoms with Gasteiger partial charge < -0.3 is 10.2 Å². The molecule has 1 aromatic heterocycles. The van der Waals surface area contributed by atoms with Crippen molar-refractivity contribution in [2.75, 3.05) is 11.9 Å². The van der Waals surface area contributed by atoms with Crippen LogP contribution < -0.4 is 5.32 Å². The zero-order valence-electron chi connectivity index (χ0n) is 14.4. The topological polar surface area (TPSA) is 58.1 Å². The second kappa shape index (κ2) is 8.45. The van der Waals surface area contributed by atoms with Gasteiger partial charge in [-0.2, -0.15) is 0 Å². The number of hydrogen-bond donors (Lipinski definition) is 1. The van der Waals surface area contributed by atoms with E-state index in [0.29, 0.717) is 29.8 Å². The Morgan fingerprint density at radius 2 is 1.81 bits per heavy atom. The third-order valence-corrected chi connectivity index (χ3v) is 4.11. The summed E-state index contributed by atoms with van der Waals surface area (Å²) in [5.74, 6) is 0.242. The SMILES string of the molecule is CCN(Cc1ccccc1)C(=O)c1ccnc(Nc2ccc(Cl)cc2)n1. The van der Waals surface area contributed by atoms with Crippen molar-refractivity contribution in [3.8, 4) is 0 Å². The van der Waals surface area contributed by atoms with Crippen molar-refractivity contribution in [3.63, 3.8) is 0 Å². The lowest BCUT2D eigenvalue weighted by molar-refractivity contribution is 0.0746. The van der Waals surface area contributed by atoms with Gasteiger partial charge >= 0.3 is 0 Å².